The Bertz CT molecular complexity index is 678. The lowest BCUT2D eigenvalue weighted by Gasteiger charge is -2.37. The van der Waals surface area contributed by atoms with Gasteiger partial charge < -0.3 is 0 Å². The van der Waals surface area contributed by atoms with Crippen molar-refractivity contribution in [3.63, 3.8) is 0 Å². The highest BCUT2D eigenvalue weighted by molar-refractivity contribution is 6.06. The van der Waals surface area contributed by atoms with Gasteiger partial charge in [0.15, 0.2) is 0 Å². The molecule has 1 aliphatic heterocycles. The van der Waals surface area contributed by atoms with Gasteiger partial charge in [0.05, 0.1) is 11.4 Å². The molecule has 0 saturated heterocycles. The fourth-order valence-corrected chi connectivity index (χ4v) is 2.18. The summed E-state index contributed by atoms with van der Waals surface area (Å²) in [5, 5.41) is 10.3. The van der Waals surface area contributed by atoms with Crippen LogP contribution in [0.4, 0.5) is 11.6 Å². The van der Waals surface area contributed by atoms with E-state index in [0.29, 0.717) is 11.6 Å². The number of para-hydroxylation sites is 2. The smallest absolute Gasteiger partial charge is 0.258 e. The highest BCUT2D eigenvalue weighted by Gasteiger charge is 2.35. The topological polar surface area (TPSA) is 71.3 Å². The van der Waals surface area contributed by atoms with Crippen LogP contribution in [0, 0.1) is 0 Å². The third kappa shape index (κ3) is 1.51. The Morgan fingerprint density at radius 1 is 1.00 bits per heavy atom. The average molecular weight is 257 g/mol. The third-order valence-corrected chi connectivity index (χ3v) is 2.89. The zero-order valence-corrected chi connectivity index (χ0v) is 10.4. The minimum Gasteiger partial charge on any atom is -0.273 e. The summed E-state index contributed by atoms with van der Waals surface area (Å²) in [6, 6.07) is 7.28. The van der Waals surface area contributed by atoms with E-state index in [1.807, 2.05) is 18.2 Å². The Hall–Kier alpha value is -2.70. The normalized spacial score (nSPS) is 12.9. The molecule has 1 aromatic carbocycles. The Morgan fingerprint density at radius 3 is 2.26 bits per heavy atom. The Kier molecular flexibility index (Phi) is 2.34. The Morgan fingerprint density at radius 2 is 1.63 bits per heavy atom. The standard InChI is InChI=1S/C12H11N5O2/c1-8(18)16-11-6-4-3-5-10(11)15-7-13-14-12(15)17(16)9(2)19/h3-7H,1-2H3. The molecule has 0 fully saturated rings. The summed E-state index contributed by atoms with van der Waals surface area (Å²) in [4.78, 5) is 23.7. The molecule has 1 aliphatic rings. The fraction of sp³-hybridized carbons (Fsp3) is 0.167. The van der Waals surface area contributed by atoms with Crippen LogP contribution >= 0.6 is 0 Å². The van der Waals surface area contributed by atoms with E-state index >= 15 is 0 Å². The van der Waals surface area contributed by atoms with E-state index in [1.165, 1.54) is 30.2 Å². The lowest BCUT2D eigenvalue weighted by molar-refractivity contribution is -0.121. The number of fused-ring (bicyclic) bond motifs is 3. The number of nitrogens with zero attached hydrogens (tertiary/aromatic N) is 5. The van der Waals surface area contributed by atoms with Gasteiger partial charge in [-0.2, -0.15) is 5.01 Å². The van der Waals surface area contributed by atoms with Crippen molar-refractivity contribution in [1.82, 2.24) is 14.8 Å². The molecule has 0 bridgehead atoms. The van der Waals surface area contributed by atoms with Crippen molar-refractivity contribution in [2.45, 2.75) is 13.8 Å². The lowest BCUT2D eigenvalue weighted by Crippen LogP contribution is -2.52. The molecule has 0 unspecified atom stereocenters. The number of carbonyl (C=O) groups excluding carboxylic acids is 2. The highest BCUT2D eigenvalue weighted by Crippen LogP contribution is 2.34. The molecule has 0 atom stereocenters. The van der Waals surface area contributed by atoms with Crippen LogP contribution in [0.2, 0.25) is 0 Å². The molecule has 2 amide bonds. The maximum absolute atomic E-state index is 11.9. The minimum absolute atomic E-state index is 0.267. The van der Waals surface area contributed by atoms with E-state index < -0.39 is 0 Å². The first-order chi connectivity index (χ1) is 9.11. The zero-order chi connectivity index (χ0) is 13.6. The van der Waals surface area contributed by atoms with E-state index in [4.69, 9.17) is 0 Å². The molecule has 0 spiro atoms. The second kappa shape index (κ2) is 3.91. The van der Waals surface area contributed by atoms with Crippen LogP contribution in [0.5, 0.6) is 0 Å². The maximum Gasteiger partial charge on any atom is 0.258 e. The number of anilines is 2. The second-order valence-electron chi connectivity index (χ2n) is 4.15. The monoisotopic (exact) mass is 257 g/mol. The van der Waals surface area contributed by atoms with Crippen LogP contribution in [0.1, 0.15) is 13.8 Å². The first kappa shape index (κ1) is 11.4. The van der Waals surface area contributed by atoms with Gasteiger partial charge in [0.25, 0.3) is 5.95 Å². The SMILES string of the molecule is CC(=O)N1c2ccccc2-n2cnnc2N1C(C)=O. The van der Waals surface area contributed by atoms with Gasteiger partial charge >= 0.3 is 0 Å². The van der Waals surface area contributed by atoms with Crippen molar-refractivity contribution >= 4 is 23.5 Å². The van der Waals surface area contributed by atoms with Crippen molar-refractivity contribution in [1.29, 1.82) is 0 Å². The largest absolute Gasteiger partial charge is 0.273 e. The molecule has 1 aromatic heterocycles. The summed E-state index contributed by atoms with van der Waals surface area (Å²) in [5.74, 6) is -0.266. The van der Waals surface area contributed by atoms with Crippen LogP contribution in [0.3, 0.4) is 0 Å². The van der Waals surface area contributed by atoms with Crippen LogP contribution in [0.25, 0.3) is 5.69 Å². The van der Waals surface area contributed by atoms with Crippen LogP contribution in [0.15, 0.2) is 30.6 Å². The number of hydrogen-bond acceptors (Lipinski definition) is 4. The minimum atomic E-state index is -0.307. The molecule has 0 radical (unpaired) electrons. The lowest BCUT2D eigenvalue weighted by atomic mass is 10.2. The van der Waals surface area contributed by atoms with Crippen molar-refractivity contribution < 1.29 is 9.59 Å². The fourth-order valence-electron chi connectivity index (χ4n) is 2.18. The van der Waals surface area contributed by atoms with Gasteiger partial charge in [0.2, 0.25) is 11.8 Å². The summed E-state index contributed by atoms with van der Waals surface area (Å²) >= 11 is 0. The zero-order valence-electron chi connectivity index (χ0n) is 10.4. The van der Waals surface area contributed by atoms with Gasteiger partial charge in [-0.05, 0) is 12.1 Å². The van der Waals surface area contributed by atoms with Crippen molar-refractivity contribution in [2.24, 2.45) is 0 Å². The van der Waals surface area contributed by atoms with Gasteiger partial charge in [-0.3, -0.25) is 14.2 Å². The number of carbonyl (C=O) groups is 2. The van der Waals surface area contributed by atoms with Gasteiger partial charge in [-0.1, -0.05) is 12.1 Å². The maximum atomic E-state index is 11.9. The van der Waals surface area contributed by atoms with E-state index in [9.17, 15) is 9.59 Å². The molecule has 7 nitrogen and oxygen atoms in total. The van der Waals surface area contributed by atoms with Crippen LogP contribution in [-0.2, 0) is 9.59 Å². The number of rotatable bonds is 0. The predicted octanol–water partition coefficient (Wildman–Crippen LogP) is 0.902. The molecule has 96 valence electrons. The highest BCUT2D eigenvalue weighted by atomic mass is 16.2. The molecule has 2 aromatic rings. The summed E-state index contributed by atoms with van der Waals surface area (Å²) in [7, 11) is 0. The number of hydrogen-bond donors (Lipinski definition) is 0. The van der Waals surface area contributed by atoms with Gasteiger partial charge in [0.1, 0.15) is 6.33 Å². The van der Waals surface area contributed by atoms with E-state index in [0.717, 1.165) is 5.69 Å². The molecular formula is C12H11N5O2. The number of benzene rings is 1. The third-order valence-electron chi connectivity index (χ3n) is 2.89. The molecule has 0 saturated carbocycles. The molecule has 2 heterocycles. The van der Waals surface area contributed by atoms with E-state index in [1.54, 1.807) is 10.6 Å². The average Bonchev–Trinajstić information content (AvgIpc) is 2.85. The van der Waals surface area contributed by atoms with Crippen LogP contribution < -0.4 is 10.0 Å². The predicted molar refractivity (Wildman–Crippen MR) is 67.7 cm³/mol. The summed E-state index contributed by atoms with van der Waals surface area (Å²) in [6.07, 6.45) is 1.52. The number of amides is 2. The first-order valence-corrected chi connectivity index (χ1v) is 5.72. The molecule has 3 rings (SSSR count). The van der Waals surface area contributed by atoms with E-state index in [-0.39, 0.29) is 11.8 Å². The van der Waals surface area contributed by atoms with Gasteiger partial charge in [-0.25, -0.2) is 5.01 Å². The molecule has 19 heavy (non-hydrogen) atoms. The summed E-state index contributed by atoms with van der Waals surface area (Å²) in [6.45, 7) is 2.78. The number of aromatic nitrogens is 3. The van der Waals surface area contributed by atoms with E-state index in [2.05, 4.69) is 10.2 Å². The van der Waals surface area contributed by atoms with Crippen molar-refractivity contribution in [2.75, 3.05) is 10.0 Å². The summed E-state index contributed by atoms with van der Waals surface area (Å²) in [5.41, 5.74) is 1.38. The van der Waals surface area contributed by atoms with Crippen molar-refractivity contribution in [3.8, 4) is 5.69 Å². The number of hydrazine groups is 1. The second-order valence-corrected chi connectivity index (χ2v) is 4.15. The molecule has 0 N–H and O–H groups in total. The van der Waals surface area contributed by atoms with Crippen LogP contribution in [-0.4, -0.2) is 26.6 Å². The first-order valence-electron chi connectivity index (χ1n) is 5.72. The quantitative estimate of drug-likeness (QED) is 0.703. The molecular weight excluding hydrogens is 246 g/mol. The van der Waals surface area contributed by atoms with Gasteiger partial charge in [0, 0.05) is 13.8 Å². The Balaban J connectivity index is 2.32. The summed E-state index contributed by atoms with van der Waals surface area (Å²) < 4.78 is 1.68. The molecule has 7 heteroatoms. The Labute approximate surface area is 109 Å². The van der Waals surface area contributed by atoms with Crippen molar-refractivity contribution in [3.05, 3.63) is 30.6 Å². The van der Waals surface area contributed by atoms with Gasteiger partial charge in [-0.15, -0.1) is 10.2 Å². The molecule has 0 aliphatic carbocycles.